The maximum Gasteiger partial charge on any atom is 0.251 e. The smallest absolute Gasteiger partial charge is 0.251 e. The highest BCUT2D eigenvalue weighted by atomic mass is 16.3. The van der Waals surface area contributed by atoms with Gasteiger partial charge in [0.1, 0.15) is 11.5 Å². The van der Waals surface area contributed by atoms with Crippen molar-refractivity contribution in [1.29, 1.82) is 0 Å². The van der Waals surface area contributed by atoms with Crippen molar-refractivity contribution < 1.29 is 20.1 Å². The average Bonchev–Trinajstić information content (AvgIpc) is 2.46. The molecular weight excluding hydrogens is 270 g/mol. The molecule has 2 rings (SSSR count). The first kappa shape index (κ1) is 14.9. The number of aliphatic hydroxyl groups excluding tert-OH is 1. The Labute approximate surface area is 122 Å². The molecule has 4 N–H and O–H groups in total. The second-order valence-corrected chi connectivity index (χ2v) is 4.78. The van der Waals surface area contributed by atoms with E-state index in [1.165, 1.54) is 12.1 Å². The molecule has 2 aromatic carbocycles. The third-order valence-corrected chi connectivity index (χ3v) is 3.05. The van der Waals surface area contributed by atoms with E-state index in [9.17, 15) is 20.1 Å². The molecule has 0 radical (unpaired) electrons. The third kappa shape index (κ3) is 4.22. The van der Waals surface area contributed by atoms with Gasteiger partial charge in [0.05, 0.1) is 12.6 Å². The number of hydrogen-bond acceptors (Lipinski definition) is 4. The molecule has 0 aliphatic rings. The Bertz CT molecular complexity index is 593. The zero-order valence-electron chi connectivity index (χ0n) is 11.4. The van der Waals surface area contributed by atoms with Gasteiger partial charge in [0.2, 0.25) is 0 Å². The number of aliphatic hydroxyl groups is 1. The summed E-state index contributed by atoms with van der Waals surface area (Å²) in [5.74, 6) is -0.844. The van der Waals surface area contributed by atoms with E-state index >= 15 is 0 Å². The van der Waals surface area contributed by atoms with Crippen LogP contribution in [0.5, 0.6) is 11.5 Å². The fraction of sp³-hybridized carbons (Fsp3) is 0.188. The van der Waals surface area contributed by atoms with Crippen LogP contribution in [0.1, 0.15) is 15.9 Å². The standard InChI is InChI=1S/C16H17NO4/c18-10-13(6-11-4-2-1-3-5-11)17-16(21)12-7-14(19)9-15(20)8-12/h1-5,7-9,13,18-20H,6,10H2,(H,17,21)/t13-/m1/s1. The summed E-state index contributed by atoms with van der Waals surface area (Å²) in [6.07, 6.45) is 0.494. The van der Waals surface area contributed by atoms with Crippen LogP contribution in [0, 0.1) is 0 Å². The Morgan fingerprint density at radius 2 is 1.67 bits per heavy atom. The van der Waals surface area contributed by atoms with Gasteiger partial charge in [0.15, 0.2) is 0 Å². The molecule has 0 aliphatic carbocycles. The van der Waals surface area contributed by atoms with Gasteiger partial charge in [-0.15, -0.1) is 0 Å². The van der Waals surface area contributed by atoms with Gasteiger partial charge in [-0.05, 0) is 24.1 Å². The van der Waals surface area contributed by atoms with Gasteiger partial charge in [0, 0.05) is 11.6 Å². The van der Waals surface area contributed by atoms with Crippen LogP contribution in [0.15, 0.2) is 48.5 Å². The Morgan fingerprint density at radius 1 is 1.05 bits per heavy atom. The Balaban J connectivity index is 2.05. The summed E-state index contributed by atoms with van der Waals surface area (Å²) in [7, 11) is 0. The fourth-order valence-corrected chi connectivity index (χ4v) is 2.05. The van der Waals surface area contributed by atoms with Crippen molar-refractivity contribution in [2.24, 2.45) is 0 Å². The lowest BCUT2D eigenvalue weighted by molar-refractivity contribution is 0.0915. The first-order valence-electron chi connectivity index (χ1n) is 6.57. The predicted molar refractivity (Wildman–Crippen MR) is 78.3 cm³/mol. The van der Waals surface area contributed by atoms with Gasteiger partial charge in [-0.2, -0.15) is 0 Å². The zero-order chi connectivity index (χ0) is 15.2. The molecule has 0 heterocycles. The molecule has 1 atom stereocenters. The van der Waals surface area contributed by atoms with Crippen LogP contribution in [-0.4, -0.2) is 33.9 Å². The Morgan fingerprint density at radius 3 is 2.24 bits per heavy atom. The highest BCUT2D eigenvalue weighted by Crippen LogP contribution is 2.20. The topological polar surface area (TPSA) is 89.8 Å². The summed E-state index contributed by atoms with van der Waals surface area (Å²) in [5, 5.41) is 30.8. The van der Waals surface area contributed by atoms with Crippen molar-refractivity contribution in [2.45, 2.75) is 12.5 Å². The number of benzene rings is 2. The second-order valence-electron chi connectivity index (χ2n) is 4.78. The van der Waals surface area contributed by atoms with E-state index in [2.05, 4.69) is 5.32 Å². The van der Waals surface area contributed by atoms with Crippen LogP contribution in [0.2, 0.25) is 0 Å². The van der Waals surface area contributed by atoms with Crippen molar-refractivity contribution in [1.82, 2.24) is 5.32 Å². The molecule has 0 saturated heterocycles. The summed E-state index contributed by atoms with van der Waals surface area (Å²) < 4.78 is 0. The lowest BCUT2D eigenvalue weighted by Gasteiger charge is -2.16. The number of nitrogens with one attached hydrogen (secondary N) is 1. The summed E-state index contributed by atoms with van der Waals surface area (Å²) >= 11 is 0. The van der Waals surface area contributed by atoms with Crippen LogP contribution in [0.25, 0.3) is 0 Å². The normalized spacial score (nSPS) is 11.9. The number of aromatic hydroxyl groups is 2. The molecule has 5 heteroatoms. The molecule has 0 bridgehead atoms. The molecule has 0 unspecified atom stereocenters. The monoisotopic (exact) mass is 287 g/mol. The zero-order valence-corrected chi connectivity index (χ0v) is 11.4. The van der Waals surface area contributed by atoms with E-state index < -0.39 is 11.9 Å². The van der Waals surface area contributed by atoms with Crippen LogP contribution in [0.3, 0.4) is 0 Å². The second kappa shape index (κ2) is 6.76. The first-order chi connectivity index (χ1) is 10.1. The molecule has 110 valence electrons. The SMILES string of the molecule is O=C(N[C@@H](CO)Cc1ccccc1)c1cc(O)cc(O)c1. The highest BCUT2D eigenvalue weighted by molar-refractivity contribution is 5.95. The lowest BCUT2D eigenvalue weighted by Crippen LogP contribution is -2.39. The van der Waals surface area contributed by atoms with Crippen molar-refractivity contribution >= 4 is 5.91 Å². The Kier molecular flexibility index (Phi) is 4.79. The lowest BCUT2D eigenvalue weighted by atomic mass is 10.1. The summed E-state index contributed by atoms with van der Waals surface area (Å²) in [5.41, 5.74) is 1.13. The van der Waals surface area contributed by atoms with Crippen molar-refractivity contribution in [2.75, 3.05) is 6.61 Å². The summed E-state index contributed by atoms with van der Waals surface area (Å²) in [6.45, 7) is -0.203. The molecule has 0 aromatic heterocycles. The molecule has 0 fully saturated rings. The molecule has 21 heavy (non-hydrogen) atoms. The molecular formula is C16H17NO4. The fourth-order valence-electron chi connectivity index (χ4n) is 2.05. The minimum atomic E-state index is -0.462. The van der Waals surface area contributed by atoms with Crippen LogP contribution < -0.4 is 5.32 Å². The van der Waals surface area contributed by atoms with Crippen LogP contribution in [-0.2, 0) is 6.42 Å². The molecule has 5 nitrogen and oxygen atoms in total. The number of phenols is 2. The van der Waals surface area contributed by atoms with Crippen molar-refractivity contribution in [3.63, 3.8) is 0 Å². The van der Waals surface area contributed by atoms with Crippen LogP contribution in [0.4, 0.5) is 0 Å². The predicted octanol–water partition coefficient (Wildman–Crippen LogP) is 1.43. The number of amides is 1. The van der Waals surface area contributed by atoms with E-state index in [0.29, 0.717) is 6.42 Å². The van der Waals surface area contributed by atoms with Gasteiger partial charge in [-0.1, -0.05) is 30.3 Å². The number of rotatable bonds is 5. The molecule has 0 spiro atoms. The molecule has 0 aliphatic heterocycles. The maximum atomic E-state index is 12.1. The van der Waals surface area contributed by atoms with E-state index in [4.69, 9.17) is 0 Å². The quantitative estimate of drug-likeness (QED) is 0.669. The van der Waals surface area contributed by atoms with Gasteiger partial charge < -0.3 is 20.6 Å². The van der Waals surface area contributed by atoms with Crippen molar-refractivity contribution in [3.05, 3.63) is 59.7 Å². The third-order valence-electron chi connectivity index (χ3n) is 3.05. The van der Waals surface area contributed by atoms with Gasteiger partial charge >= 0.3 is 0 Å². The summed E-state index contributed by atoms with van der Waals surface area (Å²) in [4.78, 5) is 12.1. The average molecular weight is 287 g/mol. The maximum absolute atomic E-state index is 12.1. The number of phenolic OH excluding ortho intramolecular Hbond substituents is 2. The number of carbonyl (C=O) groups excluding carboxylic acids is 1. The van der Waals surface area contributed by atoms with E-state index in [1.54, 1.807) is 0 Å². The minimum Gasteiger partial charge on any atom is -0.508 e. The first-order valence-corrected chi connectivity index (χ1v) is 6.57. The molecule has 0 saturated carbocycles. The molecule has 2 aromatic rings. The van der Waals surface area contributed by atoms with Gasteiger partial charge in [0.25, 0.3) is 5.91 Å². The minimum absolute atomic E-state index is 0.138. The van der Waals surface area contributed by atoms with Crippen molar-refractivity contribution in [3.8, 4) is 11.5 Å². The van der Waals surface area contributed by atoms with E-state index in [1.807, 2.05) is 30.3 Å². The van der Waals surface area contributed by atoms with E-state index in [-0.39, 0.29) is 23.7 Å². The van der Waals surface area contributed by atoms with Gasteiger partial charge in [-0.3, -0.25) is 4.79 Å². The number of carbonyl (C=O) groups is 1. The van der Waals surface area contributed by atoms with Gasteiger partial charge in [-0.25, -0.2) is 0 Å². The van der Waals surface area contributed by atoms with E-state index in [0.717, 1.165) is 11.6 Å². The highest BCUT2D eigenvalue weighted by Gasteiger charge is 2.14. The Hall–Kier alpha value is -2.53. The summed E-state index contributed by atoms with van der Waals surface area (Å²) in [6, 6.07) is 12.7. The molecule has 1 amide bonds. The van der Waals surface area contributed by atoms with Crippen LogP contribution >= 0.6 is 0 Å². The largest absolute Gasteiger partial charge is 0.508 e. The number of hydrogen-bond donors (Lipinski definition) is 4.